The molecule has 0 aliphatic heterocycles. The van der Waals surface area contributed by atoms with Crippen LogP contribution in [0, 0.1) is 6.92 Å². The van der Waals surface area contributed by atoms with E-state index in [2.05, 4.69) is 47.2 Å². The van der Waals surface area contributed by atoms with E-state index in [0.717, 1.165) is 27.2 Å². The molecular weight excluding hydrogens is 332 g/mol. The zero-order valence-electron chi connectivity index (χ0n) is 12.9. The molecule has 21 heavy (non-hydrogen) atoms. The van der Waals surface area contributed by atoms with Crippen molar-refractivity contribution in [1.82, 2.24) is 10.5 Å². The van der Waals surface area contributed by atoms with E-state index in [0.29, 0.717) is 13.2 Å². The molecule has 2 rings (SSSR count). The first-order chi connectivity index (χ1) is 9.83. The number of halogens is 1. The molecule has 1 aromatic heterocycles. The number of rotatable bonds is 5. The fraction of sp³-hybridized carbons (Fsp3) is 0.438. The highest BCUT2D eigenvalue weighted by Crippen LogP contribution is 2.22. The second kappa shape index (κ2) is 6.62. The van der Waals surface area contributed by atoms with Crippen LogP contribution < -0.4 is 10.1 Å². The molecule has 1 heterocycles. The number of aromatic nitrogens is 1. The van der Waals surface area contributed by atoms with Crippen molar-refractivity contribution in [3.05, 3.63) is 45.8 Å². The quantitative estimate of drug-likeness (QED) is 0.875. The molecule has 0 fully saturated rings. The van der Waals surface area contributed by atoms with Crippen LogP contribution in [0.3, 0.4) is 0 Å². The first kappa shape index (κ1) is 16.0. The summed E-state index contributed by atoms with van der Waals surface area (Å²) >= 11 is 3.47. The van der Waals surface area contributed by atoms with Gasteiger partial charge in [0.15, 0.2) is 5.76 Å². The maximum Gasteiger partial charge on any atom is 0.174 e. The molecule has 0 bridgehead atoms. The van der Waals surface area contributed by atoms with Gasteiger partial charge in [-0.2, -0.15) is 0 Å². The van der Waals surface area contributed by atoms with Crippen LogP contribution in [-0.4, -0.2) is 10.7 Å². The van der Waals surface area contributed by atoms with E-state index in [1.165, 1.54) is 0 Å². The summed E-state index contributed by atoms with van der Waals surface area (Å²) in [4.78, 5) is 0. The lowest BCUT2D eigenvalue weighted by Gasteiger charge is -2.19. The Bertz CT molecular complexity index is 603. The molecule has 0 aliphatic rings. The highest BCUT2D eigenvalue weighted by molar-refractivity contribution is 9.10. The topological polar surface area (TPSA) is 47.3 Å². The van der Waals surface area contributed by atoms with Gasteiger partial charge >= 0.3 is 0 Å². The Morgan fingerprint density at radius 3 is 2.71 bits per heavy atom. The van der Waals surface area contributed by atoms with Gasteiger partial charge in [-0.3, -0.25) is 0 Å². The molecule has 2 aromatic rings. The summed E-state index contributed by atoms with van der Waals surface area (Å²) in [6, 6.07) is 7.81. The van der Waals surface area contributed by atoms with Gasteiger partial charge in [0.2, 0.25) is 0 Å². The predicted octanol–water partition coefficient (Wildman–Crippen LogP) is 4.21. The Morgan fingerprint density at radius 1 is 1.29 bits per heavy atom. The van der Waals surface area contributed by atoms with E-state index in [-0.39, 0.29) is 5.54 Å². The van der Waals surface area contributed by atoms with Gasteiger partial charge in [0, 0.05) is 22.6 Å². The smallest absolute Gasteiger partial charge is 0.174 e. The summed E-state index contributed by atoms with van der Waals surface area (Å²) in [6.07, 6.45) is 0. The Hall–Kier alpha value is -1.33. The third kappa shape index (κ3) is 5.17. The normalized spacial score (nSPS) is 11.7. The molecule has 0 unspecified atom stereocenters. The fourth-order valence-corrected chi connectivity index (χ4v) is 1.97. The zero-order chi connectivity index (χ0) is 15.5. The fourth-order valence-electron chi connectivity index (χ4n) is 1.72. The number of hydrogen-bond donors (Lipinski definition) is 1. The molecule has 0 radical (unpaired) electrons. The van der Waals surface area contributed by atoms with Crippen LogP contribution in [-0.2, 0) is 13.2 Å². The van der Waals surface area contributed by atoms with Crippen molar-refractivity contribution in [3.8, 4) is 5.75 Å². The van der Waals surface area contributed by atoms with Gasteiger partial charge in [-0.15, -0.1) is 0 Å². The minimum absolute atomic E-state index is 0.0601. The molecule has 0 saturated carbocycles. The molecule has 1 N–H and O–H groups in total. The molecule has 0 atom stereocenters. The highest BCUT2D eigenvalue weighted by Gasteiger charge is 2.11. The molecule has 0 saturated heterocycles. The van der Waals surface area contributed by atoms with E-state index in [9.17, 15) is 0 Å². The van der Waals surface area contributed by atoms with Gasteiger partial charge in [-0.25, -0.2) is 0 Å². The monoisotopic (exact) mass is 352 g/mol. The van der Waals surface area contributed by atoms with Gasteiger partial charge in [-0.05, 0) is 51.5 Å². The Labute approximate surface area is 134 Å². The zero-order valence-corrected chi connectivity index (χ0v) is 14.5. The van der Waals surface area contributed by atoms with Gasteiger partial charge < -0.3 is 14.6 Å². The van der Waals surface area contributed by atoms with E-state index < -0.39 is 0 Å². The molecular formula is C16H21BrN2O2. The summed E-state index contributed by atoms with van der Waals surface area (Å²) in [5.41, 5.74) is 2.08. The van der Waals surface area contributed by atoms with Crippen molar-refractivity contribution < 1.29 is 9.26 Å². The second-order valence-corrected chi connectivity index (χ2v) is 6.94. The van der Waals surface area contributed by atoms with Gasteiger partial charge in [0.05, 0.1) is 5.69 Å². The minimum Gasteiger partial charge on any atom is -0.486 e. The van der Waals surface area contributed by atoms with Crippen LogP contribution in [0.4, 0.5) is 0 Å². The lowest BCUT2D eigenvalue weighted by atomic mass is 10.1. The number of benzene rings is 1. The largest absolute Gasteiger partial charge is 0.486 e. The van der Waals surface area contributed by atoms with Crippen molar-refractivity contribution in [1.29, 1.82) is 0 Å². The summed E-state index contributed by atoms with van der Waals surface area (Å²) in [5, 5.41) is 7.41. The number of nitrogens with one attached hydrogen (secondary N) is 1. The Balaban J connectivity index is 1.89. The SMILES string of the molecule is Cc1cc(OCc2cc(CNC(C)(C)C)no2)ccc1Br. The number of aryl methyl sites for hydroxylation is 1. The minimum atomic E-state index is 0.0601. The summed E-state index contributed by atoms with van der Waals surface area (Å²) < 4.78 is 12.1. The second-order valence-electron chi connectivity index (χ2n) is 6.09. The van der Waals surface area contributed by atoms with Crippen LogP contribution >= 0.6 is 15.9 Å². The van der Waals surface area contributed by atoms with Crippen molar-refractivity contribution >= 4 is 15.9 Å². The summed E-state index contributed by atoms with van der Waals surface area (Å²) in [5.74, 6) is 1.54. The van der Waals surface area contributed by atoms with Crippen LogP contribution in [0.5, 0.6) is 5.75 Å². The molecule has 5 heteroatoms. The van der Waals surface area contributed by atoms with Crippen molar-refractivity contribution in [2.45, 2.75) is 46.4 Å². The van der Waals surface area contributed by atoms with Crippen LogP contribution in [0.25, 0.3) is 0 Å². The van der Waals surface area contributed by atoms with Crippen LogP contribution in [0.2, 0.25) is 0 Å². The molecule has 4 nitrogen and oxygen atoms in total. The standard InChI is InChI=1S/C16H21BrN2O2/c1-11-7-13(5-6-15(11)17)20-10-14-8-12(19-21-14)9-18-16(2,3)4/h5-8,18H,9-10H2,1-4H3. The Morgan fingerprint density at radius 2 is 2.05 bits per heavy atom. The average molecular weight is 353 g/mol. The average Bonchev–Trinajstić information content (AvgIpc) is 2.85. The van der Waals surface area contributed by atoms with Gasteiger partial charge in [0.1, 0.15) is 12.4 Å². The highest BCUT2D eigenvalue weighted by atomic mass is 79.9. The van der Waals surface area contributed by atoms with Crippen LogP contribution in [0.15, 0.2) is 33.3 Å². The first-order valence-corrected chi connectivity index (χ1v) is 7.71. The van der Waals surface area contributed by atoms with Gasteiger partial charge in [-0.1, -0.05) is 21.1 Å². The lowest BCUT2D eigenvalue weighted by molar-refractivity contribution is 0.248. The molecule has 114 valence electrons. The number of ether oxygens (including phenoxy) is 1. The van der Waals surface area contributed by atoms with Crippen LogP contribution in [0.1, 0.15) is 37.8 Å². The molecule has 1 aromatic carbocycles. The molecule has 0 amide bonds. The molecule has 0 aliphatic carbocycles. The molecule has 0 spiro atoms. The summed E-state index contributed by atoms with van der Waals surface area (Å²) in [6.45, 7) is 9.45. The Kier molecular flexibility index (Phi) is 5.06. The van der Waals surface area contributed by atoms with Crippen molar-refractivity contribution in [3.63, 3.8) is 0 Å². The van der Waals surface area contributed by atoms with Gasteiger partial charge in [0.25, 0.3) is 0 Å². The maximum atomic E-state index is 5.71. The summed E-state index contributed by atoms with van der Waals surface area (Å²) in [7, 11) is 0. The third-order valence-corrected chi connectivity index (χ3v) is 3.81. The van der Waals surface area contributed by atoms with Crippen molar-refractivity contribution in [2.75, 3.05) is 0 Å². The van der Waals surface area contributed by atoms with E-state index in [1.807, 2.05) is 31.2 Å². The third-order valence-electron chi connectivity index (χ3n) is 2.92. The van der Waals surface area contributed by atoms with Crippen molar-refractivity contribution in [2.24, 2.45) is 0 Å². The maximum absolute atomic E-state index is 5.71. The first-order valence-electron chi connectivity index (χ1n) is 6.92. The lowest BCUT2D eigenvalue weighted by Crippen LogP contribution is -2.35. The van der Waals surface area contributed by atoms with E-state index in [1.54, 1.807) is 0 Å². The number of hydrogen-bond acceptors (Lipinski definition) is 4. The van der Waals surface area contributed by atoms with E-state index >= 15 is 0 Å². The number of nitrogens with zero attached hydrogens (tertiary/aromatic N) is 1. The van der Waals surface area contributed by atoms with E-state index in [4.69, 9.17) is 9.26 Å². The predicted molar refractivity (Wildman–Crippen MR) is 86.3 cm³/mol.